The highest BCUT2D eigenvalue weighted by Crippen LogP contribution is 2.20. The highest BCUT2D eigenvalue weighted by Gasteiger charge is 2.31. The number of aromatic nitrogens is 3. The Labute approximate surface area is 134 Å². The average Bonchev–Trinajstić information content (AvgIpc) is 2.84. The average molecular weight is 316 g/mol. The minimum atomic E-state index is -0.741. The van der Waals surface area contributed by atoms with Gasteiger partial charge in [0.2, 0.25) is 5.91 Å². The second-order valence-electron chi connectivity index (χ2n) is 5.63. The summed E-state index contributed by atoms with van der Waals surface area (Å²) in [6, 6.07) is 7.07. The number of hydrogen-bond acceptors (Lipinski definition) is 4. The van der Waals surface area contributed by atoms with Crippen LogP contribution in [0.25, 0.3) is 11.4 Å². The normalized spacial score (nSPS) is 18.1. The van der Waals surface area contributed by atoms with Gasteiger partial charge in [0, 0.05) is 20.5 Å². The summed E-state index contributed by atoms with van der Waals surface area (Å²) in [7, 11) is 1.63. The van der Waals surface area contributed by atoms with Crippen LogP contribution in [0.2, 0.25) is 0 Å². The van der Waals surface area contributed by atoms with Crippen molar-refractivity contribution in [3.63, 3.8) is 0 Å². The van der Waals surface area contributed by atoms with Crippen molar-refractivity contribution in [2.45, 2.75) is 32.2 Å². The monoisotopic (exact) mass is 316 g/mol. The van der Waals surface area contributed by atoms with Crippen molar-refractivity contribution in [2.75, 3.05) is 0 Å². The van der Waals surface area contributed by atoms with Crippen LogP contribution in [0.3, 0.4) is 0 Å². The van der Waals surface area contributed by atoms with Crippen LogP contribution in [0.4, 0.5) is 0 Å². The first-order valence-electron chi connectivity index (χ1n) is 7.59. The number of amides is 2. The molecule has 1 saturated heterocycles. The predicted octanol–water partition coefficient (Wildman–Crippen LogP) is 1.03. The molecule has 0 spiro atoms. The van der Waals surface area contributed by atoms with Gasteiger partial charge in [-0.25, -0.2) is 9.48 Å². The molecule has 1 N–H and O–H groups in total. The first kappa shape index (κ1) is 15.2. The van der Waals surface area contributed by atoms with E-state index in [0.717, 1.165) is 12.0 Å². The van der Waals surface area contributed by atoms with E-state index in [1.54, 1.807) is 7.05 Å². The minimum Gasteiger partial charge on any atom is -0.295 e. The third-order valence-electron chi connectivity index (χ3n) is 4.13. The van der Waals surface area contributed by atoms with Crippen LogP contribution in [0.15, 0.2) is 29.1 Å². The minimum absolute atomic E-state index is 0. The van der Waals surface area contributed by atoms with Gasteiger partial charge in [-0.15, -0.1) is 5.10 Å². The largest absolute Gasteiger partial charge is 0.346 e. The second kappa shape index (κ2) is 5.83. The van der Waals surface area contributed by atoms with E-state index in [0.29, 0.717) is 5.82 Å². The molecule has 3 rings (SSSR count). The maximum absolute atomic E-state index is 12.4. The number of aryl methyl sites for hydroxylation is 1. The summed E-state index contributed by atoms with van der Waals surface area (Å²) in [4.78, 5) is 35.6. The fourth-order valence-electron chi connectivity index (χ4n) is 2.72. The zero-order valence-corrected chi connectivity index (χ0v) is 13.1. The van der Waals surface area contributed by atoms with Crippen molar-refractivity contribution in [3.8, 4) is 11.4 Å². The van der Waals surface area contributed by atoms with Crippen molar-refractivity contribution in [1.29, 1.82) is 0 Å². The molecule has 1 aromatic heterocycles. The fraction of sp³-hybridized carbons (Fsp3) is 0.375. The quantitative estimate of drug-likeness (QED) is 0.857. The van der Waals surface area contributed by atoms with Crippen LogP contribution in [0.1, 0.15) is 32.8 Å². The number of nitrogens with one attached hydrogen (secondary N) is 1. The topological polar surface area (TPSA) is 86.0 Å². The van der Waals surface area contributed by atoms with Crippen molar-refractivity contribution in [1.82, 2.24) is 19.7 Å². The Morgan fingerprint density at radius 3 is 2.57 bits per heavy atom. The molecule has 2 aromatic rings. The van der Waals surface area contributed by atoms with Crippen LogP contribution in [0, 0.1) is 0 Å². The van der Waals surface area contributed by atoms with Crippen molar-refractivity contribution < 1.29 is 11.0 Å². The summed E-state index contributed by atoms with van der Waals surface area (Å²) < 4.78 is 2.59. The van der Waals surface area contributed by atoms with Gasteiger partial charge in [0.15, 0.2) is 5.82 Å². The van der Waals surface area contributed by atoms with Crippen LogP contribution in [-0.4, -0.2) is 26.2 Å². The maximum atomic E-state index is 12.4. The SMILES string of the molecule is CCc1ccc(-c2nn(C3CCC(=O)NC3=O)c(=O)n2C)cc1.[HH]. The highest BCUT2D eigenvalue weighted by molar-refractivity contribution is 5.99. The first-order valence-corrected chi connectivity index (χ1v) is 7.59. The van der Waals surface area contributed by atoms with E-state index in [9.17, 15) is 14.4 Å². The lowest BCUT2D eigenvalue weighted by atomic mass is 10.1. The van der Waals surface area contributed by atoms with Crippen molar-refractivity contribution >= 4 is 11.8 Å². The third kappa shape index (κ3) is 2.69. The summed E-state index contributed by atoms with van der Waals surface area (Å²) >= 11 is 0. The van der Waals surface area contributed by atoms with Gasteiger partial charge < -0.3 is 0 Å². The molecule has 23 heavy (non-hydrogen) atoms. The number of rotatable bonds is 3. The number of carbonyl (C=O) groups excluding carboxylic acids is 2. The Kier molecular flexibility index (Phi) is 3.85. The van der Waals surface area contributed by atoms with Gasteiger partial charge in [0.25, 0.3) is 5.91 Å². The lowest BCUT2D eigenvalue weighted by molar-refractivity contribution is -0.136. The Hall–Kier alpha value is -2.70. The van der Waals surface area contributed by atoms with Crippen molar-refractivity contribution in [2.24, 2.45) is 7.05 Å². The fourth-order valence-corrected chi connectivity index (χ4v) is 2.72. The summed E-state index contributed by atoms with van der Waals surface area (Å²) in [5, 5.41) is 6.58. The molecule has 0 bridgehead atoms. The molecule has 2 heterocycles. The maximum Gasteiger partial charge on any atom is 0.346 e. The summed E-state index contributed by atoms with van der Waals surface area (Å²) in [6.07, 6.45) is 1.43. The molecule has 1 atom stereocenters. The van der Waals surface area contributed by atoms with E-state index in [4.69, 9.17) is 0 Å². The van der Waals surface area contributed by atoms with Crippen LogP contribution < -0.4 is 11.0 Å². The molecule has 0 aliphatic carbocycles. The van der Waals surface area contributed by atoms with Crippen LogP contribution >= 0.6 is 0 Å². The lowest BCUT2D eigenvalue weighted by Gasteiger charge is -2.19. The van der Waals surface area contributed by atoms with E-state index in [-0.39, 0.29) is 25.9 Å². The molecule has 1 aliphatic heterocycles. The molecular weight excluding hydrogens is 296 g/mol. The number of benzene rings is 1. The van der Waals surface area contributed by atoms with E-state index in [1.165, 1.54) is 14.8 Å². The summed E-state index contributed by atoms with van der Waals surface area (Å²) in [5.74, 6) is -0.290. The van der Waals surface area contributed by atoms with E-state index >= 15 is 0 Å². The van der Waals surface area contributed by atoms with Gasteiger partial charge in [-0.3, -0.25) is 19.5 Å². The van der Waals surface area contributed by atoms with Gasteiger partial charge in [0.1, 0.15) is 6.04 Å². The number of hydrogen-bond donors (Lipinski definition) is 1. The zero-order chi connectivity index (χ0) is 16.6. The van der Waals surface area contributed by atoms with Gasteiger partial charge in [-0.05, 0) is 18.4 Å². The molecule has 1 aromatic carbocycles. The standard InChI is InChI=1S/C16H18N4O3.H2/c1-3-10-4-6-11(7-5-10)14-18-20(16(23)19(14)2)12-8-9-13(21)17-15(12)22;/h4-7,12H,3,8-9H2,1-2H3,(H,17,21,22);1H. The predicted molar refractivity (Wildman–Crippen MR) is 85.8 cm³/mol. The molecule has 0 radical (unpaired) electrons. The molecular formula is C16H20N4O3. The number of imide groups is 1. The molecule has 0 saturated carbocycles. The number of piperidine rings is 1. The molecule has 1 fully saturated rings. The van der Waals surface area contributed by atoms with Gasteiger partial charge in [0.05, 0.1) is 0 Å². The van der Waals surface area contributed by atoms with Crippen LogP contribution in [0.5, 0.6) is 0 Å². The smallest absolute Gasteiger partial charge is 0.295 e. The number of carbonyl (C=O) groups is 2. The van der Waals surface area contributed by atoms with Crippen molar-refractivity contribution in [3.05, 3.63) is 40.3 Å². The molecule has 122 valence electrons. The first-order chi connectivity index (χ1) is 11.0. The van der Waals surface area contributed by atoms with E-state index in [1.807, 2.05) is 24.3 Å². The third-order valence-corrected chi connectivity index (χ3v) is 4.13. The number of nitrogens with zero attached hydrogens (tertiary/aromatic N) is 3. The van der Waals surface area contributed by atoms with Gasteiger partial charge >= 0.3 is 5.69 Å². The Balaban J connectivity index is 0.00000208. The van der Waals surface area contributed by atoms with Gasteiger partial charge in [-0.1, -0.05) is 31.2 Å². The van der Waals surface area contributed by atoms with E-state index < -0.39 is 11.9 Å². The second-order valence-corrected chi connectivity index (χ2v) is 5.63. The highest BCUT2D eigenvalue weighted by atomic mass is 16.2. The molecule has 7 nitrogen and oxygen atoms in total. The molecule has 7 heteroatoms. The Morgan fingerprint density at radius 2 is 1.96 bits per heavy atom. The Morgan fingerprint density at radius 1 is 1.26 bits per heavy atom. The zero-order valence-electron chi connectivity index (χ0n) is 13.1. The van der Waals surface area contributed by atoms with E-state index in [2.05, 4.69) is 17.3 Å². The summed E-state index contributed by atoms with van der Waals surface area (Å²) in [6.45, 7) is 2.07. The summed E-state index contributed by atoms with van der Waals surface area (Å²) in [5.41, 5.74) is 1.64. The molecule has 2 amide bonds. The van der Waals surface area contributed by atoms with Crippen LogP contribution in [-0.2, 0) is 23.1 Å². The Bertz CT molecular complexity index is 823. The molecule has 1 aliphatic rings. The lowest BCUT2D eigenvalue weighted by Crippen LogP contribution is -2.44. The van der Waals surface area contributed by atoms with Gasteiger partial charge in [-0.2, -0.15) is 0 Å². The molecule has 1 unspecified atom stereocenters.